The fourth-order valence-corrected chi connectivity index (χ4v) is 1.94. The van der Waals surface area contributed by atoms with E-state index in [2.05, 4.69) is 4.98 Å². The molecule has 15 heavy (non-hydrogen) atoms. The highest BCUT2D eigenvalue weighted by Gasteiger charge is 2.26. The molecule has 0 saturated heterocycles. The molecule has 1 atom stereocenters. The van der Waals surface area contributed by atoms with Crippen molar-refractivity contribution in [3.05, 3.63) is 24.5 Å². The van der Waals surface area contributed by atoms with Crippen LogP contribution in [-0.4, -0.2) is 18.1 Å². The summed E-state index contributed by atoms with van der Waals surface area (Å²) in [6, 6.07) is 3.82. The maximum absolute atomic E-state index is 5.75. The van der Waals surface area contributed by atoms with Crippen LogP contribution in [0.2, 0.25) is 0 Å². The van der Waals surface area contributed by atoms with Crippen LogP contribution in [0.3, 0.4) is 0 Å². The first kappa shape index (κ1) is 10.4. The summed E-state index contributed by atoms with van der Waals surface area (Å²) in [6.45, 7) is 1.46. The Balaban J connectivity index is 1.80. The van der Waals surface area contributed by atoms with Gasteiger partial charge in [0.1, 0.15) is 5.75 Å². The van der Waals surface area contributed by atoms with Gasteiger partial charge < -0.3 is 10.5 Å². The lowest BCUT2D eigenvalue weighted by Gasteiger charge is -2.32. The van der Waals surface area contributed by atoms with E-state index in [0.717, 1.165) is 24.8 Å². The summed E-state index contributed by atoms with van der Waals surface area (Å²) in [4.78, 5) is 4.01. The van der Waals surface area contributed by atoms with E-state index in [0.29, 0.717) is 5.92 Å². The van der Waals surface area contributed by atoms with Gasteiger partial charge in [0.05, 0.1) is 12.8 Å². The van der Waals surface area contributed by atoms with Crippen LogP contribution in [0.25, 0.3) is 0 Å². The smallest absolute Gasteiger partial charge is 0.137 e. The van der Waals surface area contributed by atoms with E-state index in [4.69, 9.17) is 10.5 Å². The molecule has 3 heteroatoms. The number of nitrogens with zero attached hydrogens (tertiary/aromatic N) is 1. The summed E-state index contributed by atoms with van der Waals surface area (Å²) in [5.74, 6) is 2.14. The first-order chi connectivity index (χ1) is 7.40. The molecule has 1 heterocycles. The highest BCUT2D eigenvalue weighted by Crippen LogP contribution is 2.33. The van der Waals surface area contributed by atoms with Crippen molar-refractivity contribution in [3.8, 4) is 5.75 Å². The van der Waals surface area contributed by atoms with Crippen LogP contribution in [0.5, 0.6) is 5.75 Å². The average Bonchev–Trinajstić information content (AvgIpc) is 2.23. The zero-order valence-electron chi connectivity index (χ0n) is 8.93. The number of aromatic nitrogens is 1. The standard InChI is InChI=1S/C12H18N2O/c13-7-11(10-3-1-4-10)9-15-12-5-2-6-14-8-12/h2,5-6,8,10-11H,1,3-4,7,9,13H2. The average molecular weight is 206 g/mol. The second-order valence-electron chi connectivity index (χ2n) is 4.19. The number of nitrogens with two attached hydrogens (primary N) is 1. The fourth-order valence-electron chi connectivity index (χ4n) is 1.94. The van der Waals surface area contributed by atoms with Crippen LogP contribution >= 0.6 is 0 Å². The Labute approximate surface area is 90.7 Å². The molecule has 0 bridgehead atoms. The van der Waals surface area contributed by atoms with Crippen molar-refractivity contribution in [2.45, 2.75) is 19.3 Å². The van der Waals surface area contributed by atoms with Crippen LogP contribution in [-0.2, 0) is 0 Å². The summed E-state index contributed by atoms with van der Waals surface area (Å²) in [6.07, 6.45) is 7.48. The molecule has 0 radical (unpaired) electrons. The van der Waals surface area contributed by atoms with Crippen molar-refractivity contribution < 1.29 is 4.74 Å². The van der Waals surface area contributed by atoms with Gasteiger partial charge in [0.25, 0.3) is 0 Å². The minimum Gasteiger partial charge on any atom is -0.492 e. The summed E-state index contributed by atoms with van der Waals surface area (Å²) >= 11 is 0. The molecule has 1 fully saturated rings. The first-order valence-corrected chi connectivity index (χ1v) is 5.63. The molecule has 0 spiro atoms. The molecular weight excluding hydrogens is 188 g/mol. The van der Waals surface area contributed by atoms with Crippen LogP contribution in [0, 0.1) is 11.8 Å². The highest BCUT2D eigenvalue weighted by atomic mass is 16.5. The van der Waals surface area contributed by atoms with Gasteiger partial charge in [-0.3, -0.25) is 4.98 Å². The van der Waals surface area contributed by atoms with Crippen molar-refractivity contribution in [2.24, 2.45) is 17.6 Å². The second-order valence-corrected chi connectivity index (χ2v) is 4.19. The van der Waals surface area contributed by atoms with Crippen LogP contribution in [0.15, 0.2) is 24.5 Å². The molecular formula is C12H18N2O. The summed E-state index contributed by atoms with van der Waals surface area (Å²) in [5, 5.41) is 0. The fraction of sp³-hybridized carbons (Fsp3) is 0.583. The van der Waals surface area contributed by atoms with Crippen molar-refractivity contribution in [3.63, 3.8) is 0 Å². The minimum absolute atomic E-state index is 0.513. The SMILES string of the molecule is NCC(COc1cccnc1)C1CCC1. The molecule has 82 valence electrons. The topological polar surface area (TPSA) is 48.1 Å². The lowest BCUT2D eigenvalue weighted by molar-refractivity contribution is 0.141. The quantitative estimate of drug-likeness (QED) is 0.799. The van der Waals surface area contributed by atoms with Gasteiger partial charge in [0, 0.05) is 12.1 Å². The molecule has 3 nitrogen and oxygen atoms in total. The van der Waals surface area contributed by atoms with E-state index in [9.17, 15) is 0 Å². The Morgan fingerprint density at radius 3 is 2.93 bits per heavy atom. The molecule has 0 aliphatic heterocycles. The molecule has 2 N–H and O–H groups in total. The first-order valence-electron chi connectivity index (χ1n) is 5.63. The van der Waals surface area contributed by atoms with Gasteiger partial charge in [-0.25, -0.2) is 0 Å². The Hall–Kier alpha value is -1.09. The predicted octanol–water partition coefficient (Wildman–Crippen LogP) is 1.84. The molecule has 1 saturated carbocycles. The van der Waals surface area contributed by atoms with Crippen LogP contribution in [0.1, 0.15) is 19.3 Å². The van der Waals surface area contributed by atoms with Crippen LogP contribution in [0.4, 0.5) is 0 Å². The van der Waals surface area contributed by atoms with Crippen molar-refractivity contribution >= 4 is 0 Å². The van der Waals surface area contributed by atoms with Crippen LogP contribution < -0.4 is 10.5 Å². The van der Waals surface area contributed by atoms with E-state index in [1.54, 1.807) is 12.4 Å². The lowest BCUT2D eigenvalue weighted by atomic mass is 9.76. The summed E-state index contributed by atoms with van der Waals surface area (Å²) in [5.41, 5.74) is 5.75. The predicted molar refractivity (Wildman–Crippen MR) is 59.6 cm³/mol. The largest absolute Gasteiger partial charge is 0.492 e. The Kier molecular flexibility index (Phi) is 3.56. The van der Waals surface area contributed by atoms with Crippen molar-refractivity contribution in [1.82, 2.24) is 4.98 Å². The normalized spacial score (nSPS) is 18.2. The second kappa shape index (κ2) is 5.12. The zero-order chi connectivity index (χ0) is 10.5. The number of pyridine rings is 1. The number of rotatable bonds is 5. The monoisotopic (exact) mass is 206 g/mol. The van der Waals surface area contributed by atoms with Crippen molar-refractivity contribution in [1.29, 1.82) is 0 Å². The van der Waals surface area contributed by atoms with Gasteiger partial charge in [0.2, 0.25) is 0 Å². The van der Waals surface area contributed by atoms with Gasteiger partial charge in [-0.15, -0.1) is 0 Å². The molecule has 1 aromatic rings. The third-order valence-electron chi connectivity index (χ3n) is 3.22. The van der Waals surface area contributed by atoms with Crippen molar-refractivity contribution in [2.75, 3.05) is 13.2 Å². The molecule has 2 rings (SSSR count). The number of hydrogen-bond donors (Lipinski definition) is 1. The van der Waals surface area contributed by atoms with E-state index >= 15 is 0 Å². The maximum atomic E-state index is 5.75. The number of ether oxygens (including phenoxy) is 1. The molecule has 0 amide bonds. The number of hydrogen-bond acceptors (Lipinski definition) is 3. The molecule has 1 aromatic heterocycles. The van der Waals surface area contributed by atoms with Gasteiger partial charge in [-0.1, -0.05) is 6.42 Å². The third kappa shape index (κ3) is 2.69. The van der Waals surface area contributed by atoms with Gasteiger partial charge in [-0.05, 0) is 37.4 Å². The van der Waals surface area contributed by atoms with E-state index in [-0.39, 0.29) is 0 Å². The molecule has 1 unspecified atom stereocenters. The Morgan fingerprint density at radius 2 is 2.40 bits per heavy atom. The molecule has 1 aliphatic carbocycles. The Morgan fingerprint density at radius 1 is 1.53 bits per heavy atom. The highest BCUT2D eigenvalue weighted by molar-refractivity contribution is 5.15. The maximum Gasteiger partial charge on any atom is 0.137 e. The van der Waals surface area contributed by atoms with Gasteiger partial charge in [0.15, 0.2) is 0 Å². The summed E-state index contributed by atoms with van der Waals surface area (Å²) < 4.78 is 5.67. The lowest BCUT2D eigenvalue weighted by Crippen LogP contribution is -2.32. The Bertz CT molecular complexity index is 285. The third-order valence-corrected chi connectivity index (χ3v) is 3.22. The molecule has 1 aliphatic rings. The van der Waals surface area contributed by atoms with Gasteiger partial charge in [-0.2, -0.15) is 0 Å². The van der Waals surface area contributed by atoms with Gasteiger partial charge >= 0.3 is 0 Å². The molecule has 0 aromatic carbocycles. The van der Waals surface area contributed by atoms with E-state index < -0.39 is 0 Å². The minimum atomic E-state index is 0.513. The zero-order valence-corrected chi connectivity index (χ0v) is 8.93. The van der Waals surface area contributed by atoms with E-state index in [1.165, 1.54) is 19.3 Å². The summed E-state index contributed by atoms with van der Waals surface area (Å²) in [7, 11) is 0. The van der Waals surface area contributed by atoms with E-state index in [1.807, 2.05) is 12.1 Å².